The highest BCUT2D eigenvalue weighted by molar-refractivity contribution is 5.81. The quantitative estimate of drug-likeness (QED) is 0.268. The molecule has 0 aromatic heterocycles. The van der Waals surface area contributed by atoms with Crippen LogP contribution < -0.4 is 27.1 Å². The van der Waals surface area contributed by atoms with E-state index in [4.69, 9.17) is 5.73 Å². The first-order chi connectivity index (χ1) is 18.9. The summed E-state index contributed by atoms with van der Waals surface area (Å²) in [4.78, 5) is 33.4. The van der Waals surface area contributed by atoms with Crippen molar-refractivity contribution in [3.8, 4) is 0 Å². The first-order valence-corrected chi connectivity index (χ1v) is 15.0. The van der Waals surface area contributed by atoms with Crippen LogP contribution in [0.15, 0.2) is 0 Å². The summed E-state index contributed by atoms with van der Waals surface area (Å²) in [7, 11) is 0. The number of fused-ring (bicyclic) bond motifs is 1. The van der Waals surface area contributed by atoms with Gasteiger partial charge in [-0.15, -0.1) is 0 Å². The Hall–Kier alpha value is -1.48. The first-order valence-electron chi connectivity index (χ1n) is 15.0. The summed E-state index contributed by atoms with van der Waals surface area (Å²) >= 11 is 0. The number of hydrazine groups is 1. The number of hydrogen-bond donors (Lipinski definition) is 5. The molecule has 220 valence electrons. The monoisotopic (exact) mass is 553 g/mol. The maximum atomic E-state index is 15.3. The molecule has 39 heavy (non-hydrogen) atoms. The van der Waals surface area contributed by atoms with Gasteiger partial charge in [-0.05, 0) is 58.3 Å². The molecule has 0 aromatic carbocycles. The Balaban J connectivity index is 1.02. The van der Waals surface area contributed by atoms with Crippen LogP contribution in [0.5, 0.6) is 0 Å². The van der Waals surface area contributed by atoms with Crippen LogP contribution in [0.2, 0.25) is 0 Å². The summed E-state index contributed by atoms with van der Waals surface area (Å²) in [6.45, 7) is 6.39. The highest BCUT2D eigenvalue weighted by Gasteiger charge is 2.49. The summed E-state index contributed by atoms with van der Waals surface area (Å²) in [5, 5.41) is 10.9. The number of carbonyl (C=O) groups is 2. The maximum Gasteiger partial charge on any atom is 0.229 e. The molecule has 6 aliphatic rings. The lowest BCUT2D eigenvalue weighted by Gasteiger charge is -2.46. The van der Waals surface area contributed by atoms with Crippen LogP contribution >= 0.6 is 0 Å². The lowest BCUT2D eigenvalue weighted by atomic mass is 9.89. The molecule has 0 spiro atoms. The van der Waals surface area contributed by atoms with Gasteiger partial charge in [-0.3, -0.25) is 19.8 Å². The van der Waals surface area contributed by atoms with Gasteiger partial charge in [0.2, 0.25) is 11.8 Å². The summed E-state index contributed by atoms with van der Waals surface area (Å²) in [5.41, 5.74) is 9.22. The van der Waals surface area contributed by atoms with Crippen molar-refractivity contribution in [3.05, 3.63) is 0 Å². The number of piperidine rings is 3. The fourth-order valence-electron chi connectivity index (χ4n) is 7.61. The predicted molar refractivity (Wildman–Crippen MR) is 142 cm³/mol. The molecule has 0 bridgehead atoms. The zero-order chi connectivity index (χ0) is 27.1. The number of likely N-dealkylation sites (tertiary alicyclic amines) is 3. The molecule has 0 aromatic rings. The van der Waals surface area contributed by atoms with Crippen LogP contribution in [0.25, 0.3) is 0 Å². The summed E-state index contributed by atoms with van der Waals surface area (Å²) in [6.07, 6.45) is 1.62. The van der Waals surface area contributed by atoms with Crippen LogP contribution in [-0.2, 0) is 9.59 Å². The third-order valence-corrected chi connectivity index (χ3v) is 9.92. The van der Waals surface area contributed by atoms with E-state index in [0.717, 1.165) is 25.9 Å². The van der Waals surface area contributed by atoms with Crippen molar-refractivity contribution in [1.29, 1.82) is 0 Å². The van der Waals surface area contributed by atoms with Crippen molar-refractivity contribution in [2.75, 3.05) is 65.4 Å². The van der Waals surface area contributed by atoms with Gasteiger partial charge in [0, 0.05) is 51.2 Å². The second-order valence-electron chi connectivity index (χ2n) is 12.3. The highest BCUT2D eigenvalue weighted by Crippen LogP contribution is 2.29. The fourth-order valence-corrected chi connectivity index (χ4v) is 7.61. The Labute approximate surface area is 229 Å². The van der Waals surface area contributed by atoms with Crippen LogP contribution in [0.4, 0.5) is 8.78 Å². The smallest absolute Gasteiger partial charge is 0.229 e. The molecule has 11 nitrogen and oxygen atoms in total. The fraction of sp³-hybridized carbons (Fsp3) is 0.923. The van der Waals surface area contributed by atoms with Gasteiger partial charge in [0.1, 0.15) is 12.3 Å². The molecule has 6 fully saturated rings. The molecule has 6 rings (SSSR count). The minimum absolute atomic E-state index is 0.0140. The number of rotatable bonds is 5. The van der Waals surface area contributed by atoms with Crippen LogP contribution in [0, 0.1) is 11.8 Å². The molecule has 6 aliphatic heterocycles. The Kier molecular flexibility index (Phi) is 8.37. The van der Waals surface area contributed by atoms with Gasteiger partial charge in [-0.2, -0.15) is 0 Å². The third-order valence-electron chi connectivity index (χ3n) is 9.92. The van der Waals surface area contributed by atoms with Crippen molar-refractivity contribution in [2.24, 2.45) is 17.6 Å². The lowest BCUT2D eigenvalue weighted by Crippen LogP contribution is -2.67. The topological polar surface area (TPSA) is 121 Å². The second-order valence-corrected chi connectivity index (χ2v) is 12.3. The van der Waals surface area contributed by atoms with E-state index in [1.54, 1.807) is 5.01 Å². The summed E-state index contributed by atoms with van der Waals surface area (Å²) < 4.78 is 29.2. The van der Waals surface area contributed by atoms with Crippen molar-refractivity contribution in [3.63, 3.8) is 0 Å². The standard InChI is InChI=1S/C26H45F2N9O2/c27-17-12-31-24-21(23(29)33-37(24)15-17)25(38)32-20-14-30-13-19(28)22(20)35-8-2-16(3-9-35)26(39)36-10-4-18(5-11-36)34-6-1-7-34/h16-24,30-31,33H,1-15,29H2,(H,32,38). The molecule has 0 aliphatic carbocycles. The number of halogens is 2. The zero-order valence-electron chi connectivity index (χ0n) is 22.7. The molecule has 7 atom stereocenters. The van der Waals surface area contributed by atoms with Crippen molar-refractivity contribution in [2.45, 2.75) is 74.9 Å². The van der Waals surface area contributed by atoms with Gasteiger partial charge in [0.05, 0.1) is 30.3 Å². The second kappa shape index (κ2) is 11.8. The van der Waals surface area contributed by atoms with Gasteiger partial charge in [-0.25, -0.2) is 19.2 Å². The van der Waals surface area contributed by atoms with Crippen molar-refractivity contribution < 1.29 is 18.4 Å². The molecular weight excluding hydrogens is 508 g/mol. The van der Waals surface area contributed by atoms with E-state index in [1.165, 1.54) is 19.5 Å². The number of alkyl halides is 2. The van der Waals surface area contributed by atoms with Gasteiger partial charge in [0.15, 0.2) is 0 Å². The highest BCUT2D eigenvalue weighted by atomic mass is 19.1. The van der Waals surface area contributed by atoms with E-state index in [-0.39, 0.29) is 37.4 Å². The van der Waals surface area contributed by atoms with E-state index < -0.39 is 42.7 Å². The van der Waals surface area contributed by atoms with E-state index in [2.05, 4.69) is 36.1 Å². The molecule has 0 radical (unpaired) electrons. The Morgan fingerprint density at radius 1 is 0.897 bits per heavy atom. The average molecular weight is 554 g/mol. The number of nitrogens with zero attached hydrogens (tertiary/aromatic N) is 4. The minimum atomic E-state index is -1.14. The van der Waals surface area contributed by atoms with E-state index >= 15 is 4.39 Å². The van der Waals surface area contributed by atoms with Gasteiger partial charge in [0.25, 0.3) is 0 Å². The number of hydrogen-bond acceptors (Lipinski definition) is 9. The number of amides is 2. The average Bonchev–Trinajstić information content (AvgIpc) is 3.23. The van der Waals surface area contributed by atoms with Crippen LogP contribution in [-0.4, -0.2) is 140 Å². The number of carbonyl (C=O) groups excluding carboxylic acids is 2. The predicted octanol–water partition coefficient (Wildman–Crippen LogP) is -1.82. The molecule has 7 unspecified atom stereocenters. The molecule has 6 N–H and O–H groups in total. The first kappa shape index (κ1) is 27.7. The largest absolute Gasteiger partial charge is 0.350 e. The minimum Gasteiger partial charge on any atom is -0.350 e. The third kappa shape index (κ3) is 5.68. The molecule has 0 saturated carbocycles. The maximum absolute atomic E-state index is 15.3. The van der Waals surface area contributed by atoms with Gasteiger partial charge in [-0.1, -0.05) is 0 Å². The Morgan fingerprint density at radius 2 is 1.64 bits per heavy atom. The lowest BCUT2D eigenvalue weighted by molar-refractivity contribution is -0.139. The van der Waals surface area contributed by atoms with Gasteiger partial charge < -0.3 is 26.2 Å². The van der Waals surface area contributed by atoms with Crippen LogP contribution in [0.1, 0.15) is 32.1 Å². The SMILES string of the molecule is NC1NN2CC(F)CNC2C1C(=O)NC1CNCC(F)C1N1CCC(C(=O)N2CCC(N3CCC3)CC2)CC1. The molecule has 2 amide bonds. The van der Waals surface area contributed by atoms with E-state index in [1.807, 2.05) is 0 Å². The molecule has 13 heteroatoms. The normalized spacial score (nSPS) is 39.8. The Bertz CT molecular complexity index is 881. The van der Waals surface area contributed by atoms with Crippen LogP contribution in [0.3, 0.4) is 0 Å². The number of nitrogens with one attached hydrogen (secondary N) is 4. The number of nitrogens with two attached hydrogens (primary N) is 1. The molecule has 6 heterocycles. The zero-order valence-corrected chi connectivity index (χ0v) is 22.7. The van der Waals surface area contributed by atoms with Crippen molar-refractivity contribution >= 4 is 11.8 Å². The molecule has 6 saturated heterocycles. The Morgan fingerprint density at radius 3 is 2.33 bits per heavy atom. The van der Waals surface area contributed by atoms with Crippen molar-refractivity contribution in [1.82, 2.24) is 41.1 Å². The molecular formula is C26H45F2N9O2. The summed E-state index contributed by atoms with van der Waals surface area (Å²) in [5.74, 6) is -0.636. The van der Waals surface area contributed by atoms with E-state index in [0.29, 0.717) is 38.5 Å². The summed E-state index contributed by atoms with van der Waals surface area (Å²) in [6, 6.07) is -0.257. The van der Waals surface area contributed by atoms with Gasteiger partial charge >= 0.3 is 0 Å². The van der Waals surface area contributed by atoms with E-state index in [9.17, 15) is 14.0 Å².